The number of guanidine groups is 1. The van der Waals surface area contributed by atoms with Crippen LogP contribution in [0.4, 0.5) is 0 Å². The highest BCUT2D eigenvalue weighted by molar-refractivity contribution is 14.0. The number of ether oxygens (including phenoxy) is 2. The van der Waals surface area contributed by atoms with Crippen molar-refractivity contribution in [1.29, 1.82) is 0 Å². The average molecular weight is 435 g/mol. The van der Waals surface area contributed by atoms with Crippen LogP contribution in [-0.2, 0) is 16.0 Å². The predicted octanol–water partition coefficient (Wildman–Crippen LogP) is 2.67. The summed E-state index contributed by atoms with van der Waals surface area (Å²) in [4.78, 5) is 6.44. The first-order chi connectivity index (χ1) is 10.7. The Hall–Kier alpha value is -0.860. The van der Waals surface area contributed by atoms with Crippen LogP contribution >= 0.6 is 24.0 Å². The smallest absolute Gasteiger partial charge is 0.193 e. The third-order valence-electron chi connectivity index (χ3n) is 3.29. The van der Waals surface area contributed by atoms with E-state index in [0.29, 0.717) is 13.2 Å². The molecule has 1 aromatic carbocycles. The van der Waals surface area contributed by atoms with Gasteiger partial charge in [0.2, 0.25) is 0 Å². The van der Waals surface area contributed by atoms with E-state index < -0.39 is 0 Å². The second kappa shape index (κ2) is 13.6. The summed E-state index contributed by atoms with van der Waals surface area (Å²) in [6.07, 6.45) is 0.946. The molecule has 132 valence electrons. The molecule has 23 heavy (non-hydrogen) atoms. The summed E-state index contributed by atoms with van der Waals surface area (Å²) in [5, 5.41) is 3.36. The fourth-order valence-corrected chi connectivity index (χ4v) is 2.05. The van der Waals surface area contributed by atoms with Crippen LogP contribution in [0.2, 0.25) is 0 Å². The van der Waals surface area contributed by atoms with Crippen molar-refractivity contribution in [2.45, 2.75) is 19.9 Å². The molecule has 1 aromatic rings. The highest BCUT2D eigenvalue weighted by Crippen LogP contribution is 2.05. The van der Waals surface area contributed by atoms with Crippen molar-refractivity contribution in [1.82, 2.24) is 10.2 Å². The number of halogens is 1. The van der Waals surface area contributed by atoms with Gasteiger partial charge in [0.15, 0.2) is 5.96 Å². The maximum atomic E-state index is 5.44. The summed E-state index contributed by atoms with van der Waals surface area (Å²) in [5.41, 5.74) is 2.56. The second-order valence-electron chi connectivity index (χ2n) is 5.27. The number of hydrogen-bond acceptors (Lipinski definition) is 3. The number of rotatable bonds is 9. The summed E-state index contributed by atoms with van der Waals surface area (Å²) >= 11 is 0. The molecule has 0 aromatic heterocycles. The molecule has 0 heterocycles. The molecule has 0 spiro atoms. The zero-order chi connectivity index (χ0) is 16.2. The van der Waals surface area contributed by atoms with Gasteiger partial charge in [-0.05, 0) is 18.9 Å². The van der Waals surface area contributed by atoms with Gasteiger partial charge in [-0.3, -0.25) is 4.99 Å². The topological polar surface area (TPSA) is 46.1 Å². The van der Waals surface area contributed by atoms with Crippen molar-refractivity contribution in [3.8, 4) is 0 Å². The molecule has 0 bridgehead atoms. The number of aryl methyl sites for hydroxylation is 1. The third kappa shape index (κ3) is 9.78. The number of aliphatic imine (C=N–C) groups is 1. The SMILES string of the molecule is CN=C(NCCCOCCOC)N(C)Cc1ccc(C)cc1.I. The van der Waals surface area contributed by atoms with E-state index in [1.54, 1.807) is 7.11 Å². The Labute approximate surface area is 157 Å². The van der Waals surface area contributed by atoms with Gasteiger partial charge in [-0.2, -0.15) is 0 Å². The fraction of sp³-hybridized carbons (Fsp3) is 0.588. The summed E-state index contributed by atoms with van der Waals surface area (Å²) in [6.45, 7) is 5.81. The molecular weight excluding hydrogens is 405 g/mol. The summed E-state index contributed by atoms with van der Waals surface area (Å²) < 4.78 is 10.4. The minimum atomic E-state index is 0. The molecule has 0 aliphatic heterocycles. The lowest BCUT2D eigenvalue weighted by molar-refractivity contribution is 0.0698. The van der Waals surface area contributed by atoms with Crippen LogP contribution in [0.3, 0.4) is 0 Å². The molecule has 0 amide bonds. The first-order valence-corrected chi connectivity index (χ1v) is 7.71. The van der Waals surface area contributed by atoms with Gasteiger partial charge in [0, 0.05) is 40.9 Å². The summed E-state index contributed by atoms with van der Waals surface area (Å²) in [7, 11) is 5.53. The van der Waals surface area contributed by atoms with Crippen LogP contribution in [0.15, 0.2) is 29.3 Å². The number of methoxy groups -OCH3 is 1. The van der Waals surface area contributed by atoms with Crippen LogP contribution in [0.1, 0.15) is 17.5 Å². The molecular formula is C17H30IN3O2. The first-order valence-electron chi connectivity index (χ1n) is 7.71. The van der Waals surface area contributed by atoms with Crippen molar-refractivity contribution in [2.75, 3.05) is 47.6 Å². The van der Waals surface area contributed by atoms with E-state index in [-0.39, 0.29) is 24.0 Å². The molecule has 0 saturated carbocycles. The zero-order valence-electron chi connectivity index (χ0n) is 14.7. The highest BCUT2D eigenvalue weighted by atomic mass is 127. The van der Waals surface area contributed by atoms with Gasteiger partial charge in [0.1, 0.15) is 0 Å². The lowest BCUT2D eigenvalue weighted by Gasteiger charge is -2.22. The Morgan fingerprint density at radius 2 is 1.87 bits per heavy atom. The number of hydrogen-bond donors (Lipinski definition) is 1. The number of benzene rings is 1. The van der Waals surface area contributed by atoms with Gasteiger partial charge >= 0.3 is 0 Å². The van der Waals surface area contributed by atoms with Crippen molar-refractivity contribution in [3.63, 3.8) is 0 Å². The minimum absolute atomic E-state index is 0. The second-order valence-corrected chi connectivity index (χ2v) is 5.27. The Morgan fingerprint density at radius 3 is 2.48 bits per heavy atom. The molecule has 0 unspecified atom stereocenters. The largest absolute Gasteiger partial charge is 0.382 e. The average Bonchev–Trinajstić information content (AvgIpc) is 2.52. The molecule has 0 atom stereocenters. The van der Waals surface area contributed by atoms with Crippen molar-refractivity contribution in [2.24, 2.45) is 4.99 Å². The van der Waals surface area contributed by atoms with Crippen LogP contribution in [0.25, 0.3) is 0 Å². The van der Waals surface area contributed by atoms with Gasteiger partial charge in [-0.15, -0.1) is 24.0 Å². The van der Waals surface area contributed by atoms with Crippen LogP contribution in [0.5, 0.6) is 0 Å². The number of nitrogens with zero attached hydrogens (tertiary/aromatic N) is 2. The zero-order valence-corrected chi connectivity index (χ0v) is 17.0. The highest BCUT2D eigenvalue weighted by Gasteiger charge is 2.05. The first kappa shape index (κ1) is 22.1. The van der Waals surface area contributed by atoms with Gasteiger partial charge < -0.3 is 19.7 Å². The van der Waals surface area contributed by atoms with E-state index >= 15 is 0 Å². The maximum Gasteiger partial charge on any atom is 0.193 e. The monoisotopic (exact) mass is 435 g/mol. The van der Waals surface area contributed by atoms with Crippen LogP contribution in [0, 0.1) is 6.92 Å². The van der Waals surface area contributed by atoms with Crippen LogP contribution in [-0.4, -0.2) is 58.4 Å². The van der Waals surface area contributed by atoms with E-state index in [1.807, 2.05) is 14.1 Å². The number of nitrogens with one attached hydrogen (secondary N) is 1. The molecule has 1 rings (SSSR count). The lowest BCUT2D eigenvalue weighted by atomic mass is 10.1. The van der Waals surface area contributed by atoms with Gasteiger partial charge in [0.25, 0.3) is 0 Å². The van der Waals surface area contributed by atoms with E-state index in [1.165, 1.54) is 11.1 Å². The lowest BCUT2D eigenvalue weighted by Crippen LogP contribution is -2.39. The Bertz CT molecular complexity index is 438. The van der Waals surface area contributed by atoms with Gasteiger partial charge in [-0.25, -0.2) is 0 Å². The molecule has 0 saturated heterocycles. The molecule has 5 nitrogen and oxygen atoms in total. The van der Waals surface area contributed by atoms with E-state index in [4.69, 9.17) is 9.47 Å². The van der Waals surface area contributed by atoms with Crippen molar-refractivity contribution in [3.05, 3.63) is 35.4 Å². The standard InChI is InChI=1S/C17H29N3O2.HI/c1-15-6-8-16(9-7-15)14-20(3)17(18-2)19-10-5-11-22-13-12-21-4;/h6-9H,5,10-14H2,1-4H3,(H,18,19);1H. The molecule has 0 aliphatic rings. The summed E-state index contributed by atoms with van der Waals surface area (Å²) in [5.74, 6) is 0.900. The van der Waals surface area contributed by atoms with Crippen LogP contribution < -0.4 is 5.32 Å². The van der Waals surface area contributed by atoms with Crippen molar-refractivity contribution < 1.29 is 9.47 Å². The molecule has 1 N–H and O–H groups in total. The molecule has 6 heteroatoms. The normalized spacial score (nSPS) is 11.0. The third-order valence-corrected chi connectivity index (χ3v) is 3.29. The van der Waals surface area contributed by atoms with E-state index in [2.05, 4.69) is 46.4 Å². The Kier molecular flexibility index (Phi) is 13.1. The molecule has 0 radical (unpaired) electrons. The summed E-state index contributed by atoms with van der Waals surface area (Å²) in [6, 6.07) is 8.58. The van der Waals surface area contributed by atoms with Gasteiger partial charge in [-0.1, -0.05) is 29.8 Å². The fourth-order valence-electron chi connectivity index (χ4n) is 2.05. The Balaban J connectivity index is 0.00000484. The van der Waals surface area contributed by atoms with Gasteiger partial charge in [0.05, 0.1) is 13.2 Å². The quantitative estimate of drug-likeness (QED) is 0.281. The molecule has 0 fully saturated rings. The minimum Gasteiger partial charge on any atom is -0.382 e. The van der Waals surface area contributed by atoms with E-state index in [9.17, 15) is 0 Å². The predicted molar refractivity (Wildman–Crippen MR) is 107 cm³/mol. The Morgan fingerprint density at radius 1 is 1.17 bits per heavy atom. The molecule has 0 aliphatic carbocycles. The van der Waals surface area contributed by atoms with Crippen molar-refractivity contribution >= 4 is 29.9 Å². The maximum absolute atomic E-state index is 5.44. The van der Waals surface area contributed by atoms with E-state index in [0.717, 1.165) is 32.1 Å².